The Labute approximate surface area is 132 Å². The van der Waals surface area contributed by atoms with Gasteiger partial charge in [0.05, 0.1) is 17.9 Å². The molecule has 6 heteroatoms. The molecule has 1 aromatic rings. The zero-order valence-electron chi connectivity index (χ0n) is 12.2. The van der Waals surface area contributed by atoms with E-state index in [0.29, 0.717) is 18.4 Å². The topological polar surface area (TPSA) is 32.6 Å². The second-order valence-corrected chi connectivity index (χ2v) is 5.34. The number of nitrogens with zero attached hydrogens (tertiary/aromatic N) is 1. The maximum Gasteiger partial charge on any atom is 0.416 e. The van der Waals surface area contributed by atoms with Crippen molar-refractivity contribution < 1.29 is 18.3 Å². The van der Waals surface area contributed by atoms with Crippen molar-refractivity contribution in [1.82, 2.24) is 0 Å². The number of rotatable bonds is 7. The Kier molecular flexibility index (Phi) is 7.41. The fraction of sp³-hybridized carbons (Fsp3) is 0.312. The normalized spacial score (nSPS) is 13.3. The number of allylic oxidation sites excluding steroid dienone is 2. The van der Waals surface area contributed by atoms with Gasteiger partial charge in [-0.1, -0.05) is 18.2 Å². The van der Waals surface area contributed by atoms with Crippen LogP contribution < -0.4 is 0 Å². The predicted molar refractivity (Wildman–Crippen MR) is 86.1 cm³/mol. The molecule has 0 aliphatic heterocycles. The molecular formula is C16H18F3NOS. The van der Waals surface area contributed by atoms with Gasteiger partial charge in [-0.3, -0.25) is 4.99 Å². The first-order valence-electron chi connectivity index (χ1n) is 6.61. The monoisotopic (exact) mass is 329 g/mol. The van der Waals surface area contributed by atoms with Crippen molar-refractivity contribution in [3.63, 3.8) is 0 Å². The van der Waals surface area contributed by atoms with E-state index in [-0.39, 0.29) is 6.61 Å². The molecule has 0 aliphatic rings. The van der Waals surface area contributed by atoms with Gasteiger partial charge in [0.15, 0.2) is 0 Å². The first-order chi connectivity index (χ1) is 10.4. The van der Waals surface area contributed by atoms with Gasteiger partial charge in [0, 0.05) is 11.1 Å². The zero-order chi connectivity index (χ0) is 16.6. The van der Waals surface area contributed by atoms with Crippen LogP contribution in [0, 0.1) is 0 Å². The minimum Gasteiger partial charge on any atom is -0.391 e. The summed E-state index contributed by atoms with van der Waals surface area (Å²) < 4.78 is 37.5. The van der Waals surface area contributed by atoms with E-state index < -0.39 is 11.7 Å². The average molecular weight is 329 g/mol. The lowest BCUT2D eigenvalue weighted by Crippen LogP contribution is -2.04. The van der Waals surface area contributed by atoms with Crippen LogP contribution in [0.3, 0.4) is 0 Å². The highest BCUT2D eigenvalue weighted by atomic mass is 32.2. The molecule has 0 saturated heterocycles. The third-order valence-corrected chi connectivity index (χ3v) is 3.76. The van der Waals surface area contributed by atoms with Gasteiger partial charge in [-0.15, -0.1) is 18.3 Å². The van der Waals surface area contributed by atoms with Gasteiger partial charge in [-0.05, 0) is 36.8 Å². The molecular weight excluding hydrogens is 311 g/mol. The lowest BCUT2D eigenvalue weighted by Gasteiger charge is -2.07. The summed E-state index contributed by atoms with van der Waals surface area (Å²) in [6.07, 6.45) is 2.09. The third kappa shape index (κ3) is 5.69. The molecule has 0 heterocycles. The molecule has 1 N–H and O–H groups in total. The summed E-state index contributed by atoms with van der Waals surface area (Å²) in [4.78, 5) is 5.05. The number of aliphatic imine (C=N–C) groups is 1. The molecule has 0 atom stereocenters. The van der Waals surface area contributed by atoms with E-state index in [9.17, 15) is 18.3 Å². The molecule has 0 spiro atoms. The quantitative estimate of drug-likeness (QED) is 0.583. The van der Waals surface area contributed by atoms with Gasteiger partial charge in [0.2, 0.25) is 0 Å². The molecule has 0 amide bonds. The number of halogens is 3. The van der Waals surface area contributed by atoms with Crippen LogP contribution in [0.2, 0.25) is 0 Å². The average Bonchev–Trinajstić information content (AvgIpc) is 2.50. The van der Waals surface area contributed by atoms with Crippen molar-refractivity contribution in [2.75, 3.05) is 12.9 Å². The Hall–Kier alpha value is -1.53. The summed E-state index contributed by atoms with van der Waals surface area (Å²) in [5.41, 5.74) is 0.601. The fourth-order valence-electron chi connectivity index (χ4n) is 1.70. The number of aliphatic hydroxyl groups is 1. The molecule has 22 heavy (non-hydrogen) atoms. The van der Waals surface area contributed by atoms with Crippen LogP contribution in [0.15, 0.2) is 52.5 Å². The molecule has 0 fully saturated rings. The Bertz CT molecular complexity index is 542. The largest absolute Gasteiger partial charge is 0.416 e. The summed E-state index contributed by atoms with van der Waals surface area (Å²) in [7, 11) is 0. The van der Waals surface area contributed by atoms with Crippen LogP contribution in [-0.2, 0) is 6.18 Å². The molecule has 0 aromatic heterocycles. The van der Waals surface area contributed by atoms with Crippen LogP contribution in [-0.4, -0.2) is 24.2 Å². The van der Waals surface area contributed by atoms with Gasteiger partial charge >= 0.3 is 6.18 Å². The summed E-state index contributed by atoms with van der Waals surface area (Å²) in [6, 6.07) is 4.79. The van der Waals surface area contributed by atoms with Crippen LogP contribution in [0.5, 0.6) is 0 Å². The van der Waals surface area contributed by atoms with Gasteiger partial charge in [-0.25, -0.2) is 0 Å². The second kappa shape index (κ2) is 8.80. The molecule has 2 nitrogen and oxygen atoms in total. The number of aliphatic hydroxyl groups excluding tert-OH is 1. The lowest BCUT2D eigenvalue weighted by atomic mass is 10.1. The summed E-state index contributed by atoms with van der Waals surface area (Å²) in [5.74, 6) is 0. The minimum absolute atomic E-state index is 0.113. The number of benzene rings is 1. The van der Waals surface area contributed by atoms with Crippen LogP contribution in [0.25, 0.3) is 0 Å². The number of hydrogen-bond donors (Lipinski definition) is 1. The number of alkyl halides is 3. The fourth-order valence-corrected chi connectivity index (χ4v) is 2.22. The molecule has 0 unspecified atom stereocenters. The van der Waals surface area contributed by atoms with Crippen molar-refractivity contribution >= 4 is 18.0 Å². The molecule has 120 valence electrons. The maximum absolute atomic E-state index is 12.5. The number of hydrogen-bond acceptors (Lipinski definition) is 3. The molecule has 1 rings (SSSR count). The molecule has 0 saturated carbocycles. The van der Waals surface area contributed by atoms with Crippen LogP contribution in [0.1, 0.15) is 24.0 Å². The van der Waals surface area contributed by atoms with E-state index in [1.807, 2.05) is 6.26 Å². The lowest BCUT2D eigenvalue weighted by molar-refractivity contribution is -0.137. The molecule has 0 radical (unpaired) electrons. The Morgan fingerprint density at radius 1 is 1.32 bits per heavy atom. The Morgan fingerprint density at radius 2 is 1.95 bits per heavy atom. The smallest absolute Gasteiger partial charge is 0.391 e. The van der Waals surface area contributed by atoms with Crippen molar-refractivity contribution in [3.8, 4) is 0 Å². The van der Waals surface area contributed by atoms with Gasteiger partial charge in [0.1, 0.15) is 0 Å². The first kappa shape index (κ1) is 18.5. The molecule has 0 bridgehead atoms. The highest BCUT2D eigenvalue weighted by Crippen LogP contribution is 2.29. The minimum atomic E-state index is -4.34. The van der Waals surface area contributed by atoms with Gasteiger partial charge in [0.25, 0.3) is 0 Å². The van der Waals surface area contributed by atoms with E-state index in [2.05, 4.69) is 11.6 Å². The standard InChI is InChI=1S/C16H18F3NOS/c1-3-4-5-14(15(11-21)22-2)20-10-12-6-8-13(9-7-12)16(17,18)19/h3,6-10,21H,1,4-5,11H2,2H3/b15-14-,20-10?. The molecule has 0 aliphatic carbocycles. The maximum atomic E-state index is 12.5. The first-order valence-corrected chi connectivity index (χ1v) is 7.84. The second-order valence-electron chi connectivity index (χ2n) is 4.44. The molecule has 1 aromatic carbocycles. The summed E-state index contributed by atoms with van der Waals surface area (Å²) in [5, 5.41) is 9.32. The van der Waals surface area contributed by atoms with Crippen molar-refractivity contribution in [2.24, 2.45) is 4.99 Å². The highest BCUT2D eigenvalue weighted by molar-refractivity contribution is 8.02. The SMILES string of the molecule is C=CCC/C(N=Cc1ccc(C(F)(F)F)cc1)=C(\CO)SC. The van der Waals surface area contributed by atoms with Crippen molar-refractivity contribution in [3.05, 3.63) is 58.6 Å². The van der Waals surface area contributed by atoms with E-state index in [1.165, 1.54) is 30.1 Å². The van der Waals surface area contributed by atoms with Crippen LogP contribution in [0.4, 0.5) is 13.2 Å². The number of thioether (sulfide) groups is 1. The highest BCUT2D eigenvalue weighted by Gasteiger charge is 2.29. The predicted octanol–water partition coefficient (Wildman–Crippen LogP) is 4.66. The van der Waals surface area contributed by atoms with Gasteiger partial charge in [-0.2, -0.15) is 13.2 Å². The Morgan fingerprint density at radius 3 is 2.41 bits per heavy atom. The van der Waals surface area contributed by atoms with Crippen LogP contribution >= 0.6 is 11.8 Å². The van der Waals surface area contributed by atoms with E-state index in [1.54, 1.807) is 6.08 Å². The van der Waals surface area contributed by atoms with E-state index in [4.69, 9.17) is 0 Å². The van der Waals surface area contributed by atoms with Gasteiger partial charge < -0.3 is 5.11 Å². The van der Waals surface area contributed by atoms with Crippen molar-refractivity contribution in [2.45, 2.75) is 19.0 Å². The van der Waals surface area contributed by atoms with E-state index >= 15 is 0 Å². The zero-order valence-corrected chi connectivity index (χ0v) is 13.0. The van der Waals surface area contributed by atoms with E-state index in [0.717, 1.165) is 22.7 Å². The summed E-state index contributed by atoms with van der Waals surface area (Å²) in [6.45, 7) is 3.53. The van der Waals surface area contributed by atoms with Crippen molar-refractivity contribution in [1.29, 1.82) is 0 Å². The third-order valence-electron chi connectivity index (χ3n) is 2.90. The summed E-state index contributed by atoms with van der Waals surface area (Å²) >= 11 is 1.40. The Balaban J connectivity index is 2.95.